The number of hydrogen-bond acceptors (Lipinski definition) is 3. The fourth-order valence-electron chi connectivity index (χ4n) is 2.19. The highest BCUT2D eigenvalue weighted by Gasteiger charge is 2.30. The van der Waals surface area contributed by atoms with Gasteiger partial charge in [-0.25, -0.2) is 0 Å². The van der Waals surface area contributed by atoms with Crippen LogP contribution >= 0.6 is 0 Å². The molecule has 15 heavy (non-hydrogen) atoms. The summed E-state index contributed by atoms with van der Waals surface area (Å²) in [6.07, 6.45) is 4.07. The molecular formula is C11H19N3O. The summed E-state index contributed by atoms with van der Waals surface area (Å²) >= 11 is 0. The summed E-state index contributed by atoms with van der Waals surface area (Å²) in [5.74, 6) is 0.573. The Morgan fingerprint density at radius 2 is 2.53 bits per heavy atom. The van der Waals surface area contributed by atoms with Crippen molar-refractivity contribution in [2.75, 3.05) is 6.61 Å². The molecule has 1 aliphatic rings. The van der Waals surface area contributed by atoms with Crippen molar-refractivity contribution < 1.29 is 4.74 Å². The molecule has 3 unspecified atom stereocenters. The van der Waals surface area contributed by atoms with Crippen LogP contribution in [0.1, 0.15) is 19.0 Å². The number of aryl methyl sites for hydroxylation is 1. The van der Waals surface area contributed by atoms with Gasteiger partial charge in [0.15, 0.2) is 0 Å². The van der Waals surface area contributed by atoms with Gasteiger partial charge in [0, 0.05) is 32.3 Å². The van der Waals surface area contributed by atoms with Crippen molar-refractivity contribution in [2.45, 2.75) is 31.9 Å². The Balaban J connectivity index is 1.94. The highest BCUT2D eigenvalue weighted by atomic mass is 16.5. The zero-order chi connectivity index (χ0) is 10.8. The van der Waals surface area contributed by atoms with Crippen LogP contribution in [0.3, 0.4) is 0 Å². The van der Waals surface area contributed by atoms with E-state index in [0.29, 0.717) is 5.92 Å². The topological polar surface area (TPSA) is 53.1 Å². The van der Waals surface area contributed by atoms with E-state index >= 15 is 0 Å². The second-order valence-electron chi connectivity index (χ2n) is 4.45. The fourth-order valence-corrected chi connectivity index (χ4v) is 2.19. The molecular weight excluding hydrogens is 190 g/mol. The standard InChI is InChI=1S/C11H19N3O/c1-8-4-6-15-11(8)10(12)7-9-3-5-14(2)13-9/h3,5,8,10-11H,4,6-7,12H2,1-2H3. The molecule has 2 N–H and O–H groups in total. The lowest BCUT2D eigenvalue weighted by molar-refractivity contribution is 0.0723. The van der Waals surface area contributed by atoms with E-state index < -0.39 is 0 Å². The van der Waals surface area contributed by atoms with Crippen molar-refractivity contribution in [3.63, 3.8) is 0 Å². The predicted molar refractivity (Wildman–Crippen MR) is 58.4 cm³/mol. The largest absolute Gasteiger partial charge is 0.376 e. The Labute approximate surface area is 90.4 Å². The molecule has 2 rings (SSSR count). The average molecular weight is 209 g/mol. The molecule has 1 aromatic rings. The van der Waals surface area contributed by atoms with Crippen LogP contribution in [-0.2, 0) is 18.2 Å². The highest BCUT2D eigenvalue weighted by molar-refractivity contribution is 5.02. The number of ether oxygens (including phenoxy) is 1. The molecule has 0 spiro atoms. The fraction of sp³-hybridized carbons (Fsp3) is 0.727. The van der Waals surface area contributed by atoms with Crippen LogP contribution in [0.2, 0.25) is 0 Å². The van der Waals surface area contributed by atoms with Gasteiger partial charge in [-0.1, -0.05) is 6.92 Å². The maximum absolute atomic E-state index is 6.14. The number of rotatable bonds is 3. The average Bonchev–Trinajstić information content (AvgIpc) is 2.75. The molecule has 0 amide bonds. The molecule has 4 heteroatoms. The summed E-state index contributed by atoms with van der Waals surface area (Å²) in [4.78, 5) is 0. The smallest absolute Gasteiger partial charge is 0.0756 e. The van der Waals surface area contributed by atoms with Gasteiger partial charge in [0.1, 0.15) is 0 Å². The molecule has 0 saturated carbocycles. The Bertz CT molecular complexity index is 323. The van der Waals surface area contributed by atoms with Gasteiger partial charge in [-0.05, 0) is 18.4 Å². The monoisotopic (exact) mass is 209 g/mol. The van der Waals surface area contributed by atoms with Crippen LogP contribution < -0.4 is 5.73 Å². The van der Waals surface area contributed by atoms with E-state index in [1.807, 2.05) is 19.3 Å². The molecule has 1 aliphatic heterocycles. The summed E-state index contributed by atoms with van der Waals surface area (Å²) in [7, 11) is 1.92. The van der Waals surface area contributed by atoms with Crippen LogP contribution in [-0.4, -0.2) is 28.5 Å². The maximum Gasteiger partial charge on any atom is 0.0756 e. The van der Waals surface area contributed by atoms with Gasteiger partial charge in [-0.3, -0.25) is 4.68 Å². The Morgan fingerprint density at radius 1 is 1.73 bits per heavy atom. The summed E-state index contributed by atoms with van der Waals surface area (Å²) < 4.78 is 7.45. The Hall–Kier alpha value is -0.870. The lowest BCUT2D eigenvalue weighted by Crippen LogP contribution is -2.39. The normalized spacial score (nSPS) is 28.2. The quantitative estimate of drug-likeness (QED) is 0.798. The number of aromatic nitrogens is 2. The van der Waals surface area contributed by atoms with Crippen molar-refractivity contribution in [3.8, 4) is 0 Å². The van der Waals surface area contributed by atoms with Crippen LogP contribution in [0.15, 0.2) is 12.3 Å². The minimum Gasteiger partial charge on any atom is -0.376 e. The predicted octanol–water partition coefficient (Wildman–Crippen LogP) is 0.715. The first-order valence-corrected chi connectivity index (χ1v) is 5.52. The van der Waals surface area contributed by atoms with E-state index in [2.05, 4.69) is 12.0 Å². The van der Waals surface area contributed by atoms with Crippen molar-refractivity contribution in [1.82, 2.24) is 9.78 Å². The maximum atomic E-state index is 6.14. The highest BCUT2D eigenvalue weighted by Crippen LogP contribution is 2.23. The van der Waals surface area contributed by atoms with E-state index in [0.717, 1.165) is 25.1 Å². The Morgan fingerprint density at radius 3 is 3.07 bits per heavy atom. The molecule has 1 fully saturated rings. The molecule has 3 atom stereocenters. The third-order valence-corrected chi connectivity index (χ3v) is 3.08. The molecule has 1 aromatic heterocycles. The molecule has 0 radical (unpaired) electrons. The van der Waals surface area contributed by atoms with Gasteiger partial charge in [-0.2, -0.15) is 5.10 Å². The third-order valence-electron chi connectivity index (χ3n) is 3.08. The van der Waals surface area contributed by atoms with Gasteiger partial charge >= 0.3 is 0 Å². The number of nitrogens with zero attached hydrogens (tertiary/aromatic N) is 2. The van der Waals surface area contributed by atoms with Gasteiger partial charge < -0.3 is 10.5 Å². The second kappa shape index (κ2) is 4.33. The molecule has 2 heterocycles. The van der Waals surface area contributed by atoms with E-state index in [1.165, 1.54) is 0 Å². The minimum atomic E-state index is 0.0670. The molecule has 1 saturated heterocycles. The van der Waals surface area contributed by atoms with Crippen LogP contribution in [0.5, 0.6) is 0 Å². The van der Waals surface area contributed by atoms with Crippen LogP contribution in [0.4, 0.5) is 0 Å². The van der Waals surface area contributed by atoms with Crippen molar-refractivity contribution in [1.29, 1.82) is 0 Å². The molecule has 84 valence electrons. The second-order valence-corrected chi connectivity index (χ2v) is 4.45. The van der Waals surface area contributed by atoms with E-state index in [4.69, 9.17) is 10.5 Å². The molecule has 4 nitrogen and oxygen atoms in total. The van der Waals surface area contributed by atoms with Crippen molar-refractivity contribution in [3.05, 3.63) is 18.0 Å². The molecule has 0 bridgehead atoms. The van der Waals surface area contributed by atoms with Gasteiger partial charge in [-0.15, -0.1) is 0 Å². The van der Waals surface area contributed by atoms with E-state index in [9.17, 15) is 0 Å². The van der Waals surface area contributed by atoms with E-state index in [1.54, 1.807) is 4.68 Å². The SMILES string of the molecule is CC1CCOC1C(N)Cc1ccn(C)n1. The third kappa shape index (κ3) is 2.38. The number of nitrogens with two attached hydrogens (primary N) is 1. The number of hydrogen-bond donors (Lipinski definition) is 1. The lowest BCUT2D eigenvalue weighted by atomic mass is 9.95. The lowest BCUT2D eigenvalue weighted by Gasteiger charge is -2.21. The zero-order valence-corrected chi connectivity index (χ0v) is 9.39. The summed E-state index contributed by atoms with van der Waals surface area (Å²) in [6, 6.07) is 2.08. The molecule has 0 aliphatic carbocycles. The van der Waals surface area contributed by atoms with Crippen LogP contribution in [0, 0.1) is 5.92 Å². The first kappa shape index (κ1) is 10.6. The first-order valence-electron chi connectivity index (χ1n) is 5.52. The van der Waals surface area contributed by atoms with Gasteiger partial charge in [0.25, 0.3) is 0 Å². The van der Waals surface area contributed by atoms with E-state index in [-0.39, 0.29) is 12.1 Å². The molecule has 0 aromatic carbocycles. The zero-order valence-electron chi connectivity index (χ0n) is 9.39. The summed E-state index contributed by atoms with van der Waals surface area (Å²) in [6.45, 7) is 3.05. The summed E-state index contributed by atoms with van der Waals surface area (Å²) in [5, 5.41) is 4.33. The summed E-state index contributed by atoms with van der Waals surface area (Å²) in [5.41, 5.74) is 7.19. The first-order chi connectivity index (χ1) is 7.16. The van der Waals surface area contributed by atoms with Gasteiger partial charge in [0.2, 0.25) is 0 Å². The van der Waals surface area contributed by atoms with Crippen molar-refractivity contribution in [2.24, 2.45) is 18.7 Å². The minimum absolute atomic E-state index is 0.0670. The van der Waals surface area contributed by atoms with Crippen LogP contribution in [0.25, 0.3) is 0 Å². The van der Waals surface area contributed by atoms with Gasteiger partial charge in [0.05, 0.1) is 11.8 Å². The Kier molecular flexibility index (Phi) is 3.07. The van der Waals surface area contributed by atoms with Crippen molar-refractivity contribution >= 4 is 0 Å².